The number of nitrogens with zero attached hydrogens (tertiary/aromatic N) is 3. The molecule has 10 heteroatoms. The summed E-state index contributed by atoms with van der Waals surface area (Å²) in [5.41, 5.74) is 2.70. The number of hydrogen-bond donors (Lipinski definition) is 1. The van der Waals surface area contributed by atoms with Crippen molar-refractivity contribution in [3.63, 3.8) is 0 Å². The average molecular weight is 491 g/mol. The first kappa shape index (κ1) is 23.1. The number of aryl methyl sites for hydroxylation is 1. The van der Waals surface area contributed by atoms with Crippen molar-refractivity contribution >= 4 is 40.5 Å². The van der Waals surface area contributed by atoms with E-state index >= 15 is 0 Å². The quantitative estimate of drug-likeness (QED) is 0.319. The van der Waals surface area contributed by atoms with Gasteiger partial charge in [-0.2, -0.15) is 18.3 Å². The van der Waals surface area contributed by atoms with E-state index in [0.717, 1.165) is 53.2 Å². The molecule has 0 saturated heterocycles. The Hall–Kier alpha value is -3.04. The van der Waals surface area contributed by atoms with Crippen LogP contribution < -0.4 is 5.32 Å². The number of amides is 1. The molecule has 2 aromatic carbocycles. The molecule has 0 aliphatic carbocycles. The molecule has 0 radical (unpaired) electrons. The number of thioether (sulfide) groups is 1. The van der Waals surface area contributed by atoms with Crippen molar-refractivity contribution in [2.24, 2.45) is 0 Å². The molecular formula is C23H18ClF3N4OS. The maximum absolute atomic E-state index is 12.9. The number of anilines is 1. The van der Waals surface area contributed by atoms with Gasteiger partial charge in [0.15, 0.2) is 0 Å². The lowest BCUT2D eigenvalue weighted by Crippen LogP contribution is -2.15. The first-order valence-corrected chi connectivity index (χ1v) is 11.3. The molecule has 0 saturated carbocycles. The monoisotopic (exact) mass is 490 g/mol. The number of nitrogens with one attached hydrogen (secondary N) is 1. The van der Waals surface area contributed by atoms with E-state index in [-0.39, 0.29) is 16.5 Å². The number of benzene rings is 2. The van der Waals surface area contributed by atoms with Gasteiger partial charge in [0, 0.05) is 18.0 Å². The molecule has 170 valence electrons. The van der Waals surface area contributed by atoms with Gasteiger partial charge in [-0.1, -0.05) is 54.6 Å². The maximum Gasteiger partial charge on any atom is 0.416 e. The lowest BCUT2D eigenvalue weighted by molar-refractivity contribution is -0.137. The van der Waals surface area contributed by atoms with Gasteiger partial charge in [0.25, 0.3) is 0 Å². The van der Waals surface area contributed by atoms with Crippen LogP contribution in [0, 0.1) is 0 Å². The van der Waals surface area contributed by atoms with Gasteiger partial charge < -0.3 is 5.32 Å². The zero-order valence-electron chi connectivity index (χ0n) is 17.4. The molecule has 1 N–H and O–H groups in total. The van der Waals surface area contributed by atoms with E-state index in [2.05, 4.69) is 34.5 Å². The molecule has 0 spiro atoms. The van der Waals surface area contributed by atoms with Crippen molar-refractivity contribution < 1.29 is 18.0 Å². The fraction of sp³-hybridized carbons (Fsp3) is 0.174. The molecule has 0 aliphatic rings. The third kappa shape index (κ3) is 5.31. The Bertz CT molecular complexity index is 1310. The van der Waals surface area contributed by atoms with E-state index in [1.165, 1.54) is 5.56 Å². The molecule has 1 amide bonds. The molecule has 4 aromatic rings. The molecule has 4 rings (SSSR count). The Morgan fingerprint density at radius 1 is 1.15 bits per heavy atom. The minimum atomic E-state index is -4.53. The van der Waals surface area contributed by atoms with Crippen LogP contribution in [-0.2, 0) is 17.4 Å². The summed E-state index contributed by atoms with van der Waals surface area (Å²) in [5.74, 6) is -0.565. The Balaban J connectivity index is 1.49. The van der Waals surface area contributed by atoms with Crippen molar-refractivity contribution in [2.75, 3.05) is 11.1 Å². The highest BCUT2D eigenvalue weighted by molar-refractivity contribution is 8.00. The Kier molecular flexibility index (Phi) is 6.62. The standard InChI is InChI=1S/C23H18ClF3N4OS/c1-2-14-3-5-15(6-4-14)18-12-20-22(28-9-10-31(20)30-18)33-13-21(32)29-19-11-16(23(25,26)27)7-8-17(19)24/h3-12H,2,13H2,1H3,(H,29,32). The summed E-state index contributed by atoms with van der Waals surface area (Å²) >= 11 is 7.11. The highest BCUT2D eigenvalue weighted by Crippen LogP contribution is 2.34. The van der Waals surface area contributed by atoms with E-state index in [0.29, 0.717) is 5.03 Å². The van der Waals surface area contributed by atoms with Crippen molar-refractivity contribution in [2.45, 2.75) is 24.5 Å². The summed E-state index contributed by atoms with van der Waals surface area (Å²) in [6, 6.07) is 12.8. The van der Waals surface area contributed by atoms with E-state index in [4.69, 9.17) is 11.6 Å². The van der Waals surface area contributed by atoms with Crippen LogP contribution in [0.3, 0.4) is 0 Å². The largest absolute Gasteiger partial charge is 0.416 e. The second-order valence-electron chi connectivity index (χ2n) is 7.17. The van der Waals surface area contributed by atoms with Gasteiger partial charge in [0.2, 0.25) is 5.91 Å². The van der Waals surface area contributed by atoms with Crippen LogP contribution in [-0.4, -0.2) is 26.3 Å². The highest BCUT2D eigenvalue weighted by atomic mass is 35.5. The molecule has 0 bridgehead atoms. The van der Waals surface area contributed by atoms with Crippen molar-refractivity contribution in [1.82, 2.24) is 14.6 Å². The van der Waals surface area contributed by atoms with Crippen LogP contribution in [0.15, 0.2) is 66.0 Å². The van der Waals surface area contributed by atoms with Crippen molar-refractivity contribution in [3.05, 3.63) is 77.1 Å². The van der Waals surface area contributed by atoms with Gasteiger partial charge in [-0.25, -0.2) is 9.50 Å². The second-order valence-corrected chi connectivity index (χ2v) is 8.54. The smallest absolute Gasteiger partial charge is 0.324 e. The molecule has 0 fully saturated rings. The predicted octanol–water partition coefficient (Wildman–Crippen LogP) is 6.36. The zero-order chi connectivity index (χ0) is 23.6. The molecule has 5 nitrogen and oxygen atoms in total. The van der Waals surface area contributed by atoms with E-state index in [1.807, 2.05) is 18.2 Å². The van der Waals surface area contributed by atoms with Gasteiger partial charge in [-0.05, 0) is 36.2 Å². The van der Waals surface area contributed by atoms with E-state index < -0.39 is 17.6 Å². The Morgan fingerprint density at radius 3 is 2.61 bits per heavy atom. The topological polar surface area (TPSA) is 59.3 Å². The number of hydrogen-bond acceptors (Lipinski definition) is 4. The maximum atomic E-state index is 12.9. The van der Waals surface area contributed by atoms with Crippen LogP contribution in [0.25, 0.3) is 16.8 Å². The van der Waals surface area contributed by atoms with Crippen LogP contribution in [0.4, 0.5) is 18.9 Å². The second kappa shape index (κ2) is 9.44. The summed E-state index contributed by atoms with van der Waals surface area (Å²) < 4.78 is 40.5. The minimum absolute atomic E-state index is 0.0242. The average Bonchev–Trinajstić information content (AvgIpc) is 3.23. The third-order valence-electron chi connectivity index (χ3n) is 4.92. The summed E-state index contributed by atoms with van der Waals surface area (Å²) in [7, 11) is 0. The highest BCUT2D eigenvalue weighted by Gasteiger charge is 2.31. The van der Waals surface area contributed by atoms with Gasteiger partial charge in [-0.3, -0.25) is 4.79 Å². The van der Waals surface area contributed by atoms with Crippen molar-refractivity contribution in [1.29, 1.82) is 0 Å². The number of halogens is 4. The number of carbonyl (C=O) groups excluding carboxylic acids is 1. The SMILES string of the molecule is CCc1ccc(-c2cc3c(SCC(=O)Nc4cc(C(F)(F)F)ccc4Cl)nccn3n2)cc1. The third-order valence-corrected chi connectivity index (χ3v) is 6.24. The lowest BCUT2D eigenvalue weighted by atomic mass is 10.1. The molecule has 0 unspecified atom stereocenters. The fourth-order valence-corrected chi connectivity index (χ4v) is 4.12. The Morgan fingerprint density at radius 2 is 1.91 bits per heavy atom. The summed E-state index contributed by atoms with van der Waals surface area (Å²) in [6.45, 7) is 2.09. The number of carbonyl (C=O) groups is 1. The Labute approximate surface area is 197 Å². The first-order valence-electron chi connectivity index (χ1n) is 9.97. The van der Waals surface area contributed by atoms with Gasteiger partial charge in [0.1, 0.15) is 5.03 Å². The molecular weight excluding hydrogens is 473 g/mol. The van der Waals surface area contributed by atoms with Gasteiger partial charge in [0.05, 0.1) is 33.2 Å². The fourth-order valence-electron chi connectivity index (χ4n) is 3.18. The predicted molar refractivity (Wildman–Crippen MR) is 124 cm³/mol. The van der Waals surface area contributed by atoms with Crippen LogP contribution in [0.1, 0.15) is 18.1 Å². The molecule has 33 heavy (non-hydrogen) atoms. The van der Waals surface area contributed by atoms with E-state index in [9.17, 15) is 18.0 Å². The number of fused-ring (bicyclic) bond motifs is 1. The molecule has 0 atom stereocenters. The van der Waals surface area contributed by atoms with Crippen LogP contribution in [0.5, 0.6) is 0 Å². The molecule has 2 heterocycles. The van der Waals surface area contributed by atoms with Crippen LogP contribution >= 0.6 is 23.4 Å². The number of aromatic nitrogens is 3. The van der Waals surface area contributed by atoms with Crippen LogP contribution in [0.2, 0.25) is 5.02 Å². The summed E-state index contributed by atoms with van der Waals surface area (Å²) in [5, 5.41) is 7.62. The van der Waals surface area contributed by atoms with Gasteiger partial charge in [-0.15, -0.1) is 0 Å². The van der Waals surface area contributed by atoms with Gasteiger partial charge >= 0.3 is 6.18 Å². The normalized spacial score (nSPS) is 11.7. The summed E-state index contributed by atoms with van der Waals surface area (Å²) in [6.07, 6.45) is -0.293. The number of alkyl halides is 3. The van der Waals surface area contributed by atoms with Crippen molar-refractivity contribution in [3.8, 4) is 11.3 Å². The minimum Gasteiger partial charge on any atom is -0.324 e. The molecule has 2 aromatic heterocycles. The summed E-state index contributed by atoms with van der Waals surface area (Å²) in [4.78, 5) is 16.7. The first-order chi connectivity index (χ1) is 15.7. The lowest BCUT2D eigenvalue weighted by Gasteiger charge is -2.11. The number of rotatable bonds is 6. The zero-order valence-corrected chi connectivity index (χ0v) is 18.9. The molecule has 0 aliphatic heterocycles. The van der Waals surface area contributed by atoms with E-state index in [1.54, 1.807) is 16.9 Å².